The zero-order valence-corrected chi connectivity index (χ0v) is 18.8. The standard InChI is InChI=1S/C21H35N5O2S/c1-4-28-20(27)18-6-5-9-26(13-18)21(22-3)23-12-17-7-10-25(11-8-17)14-19-15-29-16(2)24-19/h15,17-18H,4-14H2,1-3H3,(H,22,23). The minimum absolute atomic E-state index is 0.0418. The Kier molecular flexibility index (Phi) is 8.29. The van der Waals surface area contributed by atoms with Crippen molar-refractivity contribution in [2.45, 2.75) is 46.1 Å². The van der Waals surface area contributed by atoms with Crippen LogP contribution in [0.2, 0.25) is 0 Å². The first-order chi connectivity index (χ1) is 14.1. The highest BCUT2D eigenvalue weighted by atomic mass is 32.1. The predicted molar refractivity (Wildman–Crippen MR) is 117 cm³/mol. The van der Waals surface area contributed by atoms with Crippen molar-refractivity contribution in [2.24, 2.45) is 16.8 Å². The number of rotatable bonds is 6. The summed E-state index contributed by atoms with van der Waals surface area (Å²) in [5, 5.41) is 6.89. The number of hydrogen-bond donors (Lipinski definition) is 1. The van der Waals surface area contributed by atoms with Crippen LogP contribution in [-0.2, 0) is 16.1 Å². The van der Waals surface area contributed by atoms with Gasteiger partial charge in [-0.1, -0.05) is 0 Å². The highest BCUT2D eigenvalue weighted by Gasteiger charge is 2.29. The Balaban J connectivity index is 1.41. The number of nitrogens with one attached hydrogen (secondary N) is 1. The lowest BCUT2D eigenvalue weighted by Crippen LogP contribution is -2.49. The largest absolute Gasteiger partial charge is 0.466 e. The molecule has 0 bridgehead atoms. The van der Waals surface area contributed by atoms with E-state index < -0.39 is 0 Å². The quantitative estimate of drug-likeness (QED) is 0.432. The van der Waals surface area contributed by atoms with Crippen molar-refractivity contribution in [1.82, 2.24) is 20.1 Å². The van der Waals surface area contributed by atoms with Crippen LogP contribution in [0, 0.1) is 18.8 Å². The molecule has 1 aromatic rings. The van der Waals surface area contributed by atoms with Gasteiger partial charge < -0.3 is 15.0 Å². The molecule has 2 fully saturated rings. The van der Waals surface area contributed by atoms with Crippen LogP contribution in [0.3, 0.4) is 0 Å². The number of hydrogen-bond acceptors (Lipinski definition) is 6. The summed E-state index contributed by atoms with van der Waals surface area (Å²) in [6, 6.07) is 0. The van der Waals surface area contributed by atoms with Crippen molar-refractivity contribution in [2.75, 3.05) is 46.4 Å². The van der Waals surface area contributed by atoms with Gasteiger partial charge in [0.1, 0.15) is 0 Å². The highest BCUT2D eigenvalue weighted by Crippen LogP contribution is 2.21. The second kappa shape index (κ2) is 10.9. The molecule has 0 aromatic carbocycles. The first-order valence-corrected chi connectivity index (χ1v) is 11.7. The van der Waals surface area contributed by atoms with Gasteiger partial charge in [-0.05, 0) is 58.5 Å². The number of carbonyl (C=O) groups is 1. The Labute approximate surface area is 178 Å². The van der Waals surface area contributed by atoms with Gasteiger partial charge in [0.15, 0.2) is 5.96 Å². The van der Waals surface area contributed by atoms with Crippen molar-refractivity contribution in [3.8, 4) is 0 Å². The minimum Gasteiger partial charge on any atom is -0.466 e. The van der Waals surface area contributed by atoms with Crippen molar-refractivity contribution in [3.05, 3.63) is 16.1 Å². The Hall–Kier alpha value is -1.67. The maximum absolute atomic E-state index is 12.1. The van der Waals surface area contributed by atoms with E-state index in [9.17, 15) is 4.79 Å². The lowest BCUT2D eigenvalue weighted by molar-refractivity contribution is -0.149. The first-order valence-electron chi connectivity index (χ1n) is 10.8. The van der Waals surface area contributed by atoms with Crippen LogP contribution in [0.4, 0.5) is 0 Å². The molecule has 162 valence electrons. The van der Waals surface area contributed by atoms with E-state index in [2.05, 4.69) is 37.4 Å². The van der Waals surface area contributed by atoms with Crippen molar-refractivity contribution in [3.63, 3.8) is 0 Å². The average molecular weight is 422 g/mol. The van der Waals surface area contributed by atoms with Gasteiger partial charge in [0.2, 0.25) is 0 Å². The number of ether oxygens (including phenoxy) is 1. The molecule has 3 heterocycles. The van der Waals surface area contributed by atoms with E-state index in [-0.39, 0.29) is 11.9 Å². The third-order valence-corrected chi connectivity index (χ3v) is 6.68. The Morgan fingerprint density at radius 1 is 1.34 bits per heavy atom. The molecule has 2 aliphatic rings. The topological polar surface area (TPSA) is 70.1 Å². The molecule has 1 unspecified atom stereocenters. The van der Waals surface area contributed by atoms with Gasteiger partial charge in [0.05, 0.1) is 23.2 Å². The molecular formula is C21H35N5O2S. The van der Waals surface area contributed by atoms with Gasteiger partial charge in [-0.25, -0.2) is 4.98 Å². The molecule has 1 aromatic heterocycles. The third kappa shape index (κ3) is 6.40. The van der Waals surface area contributed by atoms with E-state index in [1.807, 2.05) is 14.0 Å². The van der Waals surface area contributed by atoms with Crippen LogP contribution in [0.1, 0.15) is 43.3 Å². The monoisotopic (exact) mass is 421 g/mol. The summed E-state index contributed by atoms with van der Waals surface area (Å²) >= 11 is 1.73. The summed E-state index contributed by atoms with van der Waals surface area (Å²) in [5.41, 5.74) is 1.20. The molecule has 0 spiro atoms. The van der Waals surface area contributed by atoms with Gasteiger partial charge in [0.25, 0.3) is 0 Å². The van der Waals surface area contributed by atoms with Gasteiger partial charge in [-0.15, -0.1) is 11.3 Å². The molecule has 2 aliphatic heterocycles. The van der Waals surface area contributed by atoms with E-state index >= 15 is 0 Å². The molecule has 8 heteroatoms. The van der Waals surface area contributed by atoms with Crippen LogP contribution in [0.15, 0.2) is 10.4 Å². The summed E-state index contributed by atoms with van der Waals surface area (Å²) in [7, 11) is 1.83. The number of carbonyl (C=O) groups excluding carboxylic acids is 1. The second-order valence-corrected chi connectivity index (χ2v) is 9.10. The van der Waals surface area contributed by atoms with Gasteiger partial charge in [-0.2, -0.15) is 0 Å². The zero-order valence-electron chi connectivity index (χ0n) is 18.0. The molecule has 2 saturated heterocycles. The summed E-state index contributed by atoms with van der Waals surface area (Å²) < 4.78 is 5.22. The summed E-state index contributed by atoms with van der Waals surface area (Å²) in [6.07, 6.45) is 4.29. The van der Waals surface area contributed by atoms with Crippen molar-refractivity contribution in [1.29, 1.82) is 0 Å². The van der Waals surface area contributed by atoms with Crippen LogP contribution in [0.5, 0.6) is 0 Å². The van der Waals surface area contributed by atoms with E-state index in [1.165, 1.54) is 18.5 Å². The number of aryl methyl sites for hydroxylation is 1. The lowest BCUT2D eigenvalue weighted by Gasteiger charge is -2.35. The Morgan fingerprint density at radius 3 is 2.79 bits per heavy atom. The number of aliphatic imine (C=N–C) groups is 1. The van der Waals surface area contributed by atoms with Gasteiger partial charge in [-0.3, -0.25) is 14.7 Å². The maximum Gasteiger partial charge on any atom is 0.310 e. The second-order valence-electron chi connectivity index (χ2n) is 8.04. The highest BCUT2D eigenvalue weighted by molar-refractivity contribution is 7.09. The molecule has 1 N–H and O–H groups in total. The summed E-state index contributed by atoms with van der Waals surface area (Å²) in [6.45, 7) is 10.2. The number of aromatic nitrogens is 1. The van der Waals surface area contributed by atoms with E-state index in [4.69, 9.17) is 4.74 Å². The molecule has 1 atom stereocenters. The van der Waals surface area contributed by atoms with Crippen LogP contribution in [0.25, 0.3) is 0 Å². The fraction of sp³-hybridized carbons (Fsp3) is 0.762. The first kappa shape index (κ1) is 22.0. The van der Waals surface area contributed by atoms with E-state index in [1.54, 1.807) is 11.3 Å². The Bertz CT molecular complexity index is 684. The number of piperidine rings is 2. The molecule has 3 rings (SSSR count). The molecule has 7 nitrogen and oxygen atoms in total. The lowest BCUT2D eigenvalue weighted by atomic mass is 9.96. The number of guanidine groups is 1. The maximum atomic E-state index is 12.1. The zero-order chi connectivity index (χ0) is 20.6. The number of likely N-dealkylation sites (tertiary alicyclic amines) is 2. The van der Waals surface area contributed by atoms with Gasteiger partial charge >= 0.3 is 5.97 Å². The smallest absolute Gasteiger partial charge is 0.310 e. The molecule has 0 radical (unpaired) electrons. The van der Waals surface area contributed by atoms with E-state index in [0.717, 1.165) is 56.5 Å². The van der Waals surface area contributed by atoms with Crippen LogP contribution in [-0.4, -0.2) is 73.1 Å². The van der Waals surface area contributed by atoms with Crippen LogP contribution >= 0.6 is 11.3 Å². The SMILES string of the molecule is CCOC(=O)C1CCCN(C(=NC)NCC2CCN(Cc3csc(C)n3)CC2)C1. The van der Waals surface area contributed by atoms with Crippen molar-refractivity contribution >= 4 is 23.3 Å². The number of nitrogens with zero attached hydrogens (tertiary/aromatic N) is 4. The predicted octanol–water partition coefficient (Wildman–Crippen LogP) is 2.51. The van der Waals surface area contributed by atoms with Crippen molar-refractivity contribution < 1.29 is 9.53 Å². The fourth-order valence-electron chi connectivity index (χ4n) is 4.25. The minimum atomic E-state index is -0.0738. The third-order valence-electron chi connectivity index (χ3n) is 5.86. The van der Waals surface area contributed by atoms with Gasteiger partial charge in [0, 0.05) is 38.6 Å². The molecule has 29 heavy (non-hydrogen) atoms. The fourth-order valence-corrected chi connectivity index (χ4v) is 4.85. The van der Waals surface area contributed by atoms with Crippen LogP contribution < -0.4 is 5.32 Å². The molecule has 0 saturated carbocycles. The number of thiazole rings is 1. The number of esters is 1. The summed E-state index contributed by atoms with van der Waals surface area (Å²) in [4.78, 5) is 25.9. The molecular weight excluding hydrogens is 386 g/mol. The molecule has 0 amide bonds. The average Bonchev–Trinajstić information content (AvgIpc) is 3.14. The normalized spacial score (nSPS) is 22.0. The van der Waals surface area contributed by atoms with E-state index in [0.29, 0.717) is 19.1 Å². The molecule has 0 aliphatic carbocycles. The summed E-state index contributed by atoms with van der Waals surface area (Å²) in [5.74, 6) is 1.46. The Morgan fingerprint density at radius 2 is 2.14 bits per heavy atom.